The highest BCUT2D eigenvalue weighted by Gasteiger charge is 2.22. The van der Waals surface area contributed by atoms with Crippen LogP contribution in [0.5, 0.6) is 5.75 Å². The molecule has 1 aliphatic rings. The van der Waals surface area contributed by atoms with E-state index < -0.39 is 4.92 Å². The molecule has 0 atom stereocenters. The molecule has 0 N–H and O–H groups in total. The van der Waals surface area contributed by atoms with E-state index in [0.29, 0.717) is 19.7 Å². The third-order valence-corrected chi connectivity index (χ3v) is 6.12. The molecule has 8 nitrogen and oxygen atoms in total. The van der Waals surface area contributed by atoms with E-state index in [1.54, 1.807) is 34.4 Å². The average Bonchev–Trinajstić information content (AvgIpc) is 3.21. The van der Waals surface area contributed by atoms with Crippen molar-refractivity contribution in [3.05, 3.63) is 64.2 Å². The molecule has 1 saturated heterocycles. The molecular weight excluding hydrogens is 416 g/mol. The summed E-state index contributed by atoms with van der Waals surface area (Å²) in [5.41, 5.74) is 1.73. The summed E-state index contributed by atoms with van der Waals surface area (Å²) < 4.78 is 6.65. The minimum absolute atomic E-state index is 0.0311. The van der Waals surface area contributed by atoms with Gasteiger partial charge in [0.05, 0.1) is 21.7 Å². The molecule has 0 bridgehead atoms. The number of carbonyl (C=O) groups is 1. The lowest BCUT2D eigenvalue weighted by molar-refractivity contribution is -0.384. The highest BCUT2D eigenvalue weighted by atomic mass is 32.1. The monoisotopic (exact) mass is 438 g/mol. The maximum absolute atomic E-state index is 12.5. The smallest absolute Gasteiger partial charge is 0.269 e. The van der Waals surface area contributed by atoms with E-state index in [0.717, 1.165) is 39.8 Å². The van der Waals surface area contributed by atoms with Crippen LogP contribution in [0.2, 0.25) is 0 Å². The van der Waals surface area contributed by atoms with Crippen LogP contribution in [0.15, 0.2) is 48.5 Å². The summed E-state index contributed by atoms with van der Waals surface area (Å²) >= 11 is 1.63. The van der Waals surface area contributed by atoms with Crippen LogP contribution in [0.1, 0.15) is 12.5 Å². The molecular formula is C22H22N4O4S. The van der Waals surface area contributed by atoms with Gasteiger partial charge in [-0.1, -0.05) is 11.3 Å². The van der Waals surface area contributed by atoms with Crippen molar-refractivity contribution in [2.45, 2.75) is 6.92 Å². The van der Waals surface area contributed by atoms with Crippen molar-refractivity contribution in [3.63, 3.8) is 0 Å². The lowest BCUT2D eigenvalue weighted by atomic mass is 10.2. The zero-order chi connectivity index (χ0) is 21.8. The molecule has 160 valence electrons. The van der Waals surface area contributed by atoms with E-state index in [1.165, 1.54) is 18.2 Å². The van der Waals surface area contributed by atoms with Crippen LogP contribution in [0, 0.1) is 10.1 Å². The van der Waals surface area contributed by atoms with E-state index in [4.69, 9.17) is 9.72 Å². The van der Waals surface area contributed by atoms with Gasteiger partial charge in [-0.3, -0.25) is 14.9 Å². The molecule has 1 amide bonds. The SMILES string of the molecule is CCOc1ccc2nc(N3CCN(C(=O)/C=C\c4ccc([N+](=O)[O-])cc4)CC3)sc2c1. The molecule has 9 heteroatoms. The van der Waals surface area contributed by atoms with Gasteiger partial charge in [0.1, 0.15) is 5.75 Å². The maximum atomic E-state index is 12.5. The number of hydrogen-bond donors (Lipinski definition) is 0. The topological polar surface area (TPSA) is 88.8 Å². The normalized spacial score (nSPS) is 14.4. The number of carbonyl (C=O) groups excluding carboxylic acids is 1. The Morgan fingerprint density at radius 3 is 2.61 bits per heavy atom. The van der Waals surface area contributed by atoms with Crippen LogP contribution >= 0.6 is 11.3 Å². The molecule has 1 fully saturated rings. The van der Waals surface area contributed by atoms with Gasteiger partial charge in [0.2, 0.25) is 5.91 Å². The number of non-ortho nitro benzene ring substituents is 1. The largest absolute Gasteiger partial charge is 0.494 e. The number of fused-ring (bicyclic) bond motifs is 1. The van der Waals surface area contributed by atoms with Gasteiger partial charge in [0.25, 0.3) is 5.69 Å². The van der Waals surface area contributed by atoms with Crippen LogP contribution in [0.4, 0.5) is 10.8 Å². The van der Waals surface area contributed by atoms with Crippen LogP contribution in [0.25, 0.3) is 16.3 Å². The fourth-order valence-electron chi connectivity index (χ4n) is 3.38. The van der Waals surface area contributed by atoms with Crippen molar-refractivity contribution in [1.82, 2.24) is 9.88 Å². The van der Waals surface area contributed by atoms with Crippen molar-refractivity contribution in [3.8, 4) is 5.75 Å². The Morgan fingerprint density at radius 2 is 1.94 bits per heavy atom. The minimum atomic E-state index is -0.443. The Labute approximate surface area is 183 Å². The molecule has 31 heavy (non-hydrogen) atoms. The Hall–Kier alpha value is -3.46. The minimum Gasteiger partial charge on any atom is -0.494 e. The van der Waals surface area contributed by atoms with Gasteiger partial charge in [0.15, 0.2) is 5.13 Å². The quantitative estimate of drug-likeness (QED) is 0.329. The number of rotatable bonds is 6. The van der Waals surface area contributed by atoms with E-state index >= 15 is 0 Å². The fourth-order valence-corrected chi connectivity index (χ4v) is 4.43. The maximum Gasteiger partial charge on any atom is 0.269 e. The van der Waals surface area contributed by atoms with Gasteiger partial charge >= 0.3 is 0 Å². The number of anilines is 1. The van der Waals surface area contributed by atoms with E-state index in [-0.39, 0.29) is 11.6 Å². The zero-order valence-corrected chi connectivity index (χ0v) is 17.9. The Bertz CT molecular complexity index is 1120. The number of nitro benzene ring substituents is 1. The van der Waals surface area contributed by atoms with Crippen LogP contribution in [0.3, 0.4) is 0 Å². The van der Waals surface area contributed by atoms with Crippen LogP contribution in [-0.4, -0.2) is 53.5 Å². The summed E-state index contributed by atoms with van der Waals surface area (Å²) in [6.07, 6.45) is 3.20. The molecule has 1 aliphatic heterocycles. The molecule has 0 saturated carbocycles. The third kappa shape index (κ3) is 4.83. The number of aromatic nitrogens is 1. The van der Waals surface area contributed by atoms with Crippen LogP contribution in [-0.2, 0) is 4.79 Å². The molecule has 0 aliphatic carbocycles. The third-order valence-electron chi connectivity index (χ3n) is 5.04. The number of thiazole rings is 1. The van der Waals surface area contributed by atoms with E-state index in [2.05, 4.69) is 4.90 Å². The van der Waals surface area contributed by atoms with Gasteiger partial charge in [-0.15, -0.1) is 0 Å². The number of hydrogen-bond acceptors (Lipinski definition) is 7. The summed E-state index contributed by atoms with van der Waals surface area (Å²) in [6, 6.07) is 12.0. The first kappa shape index (κ1) is 20.8. The number of piperazine rings is 1. The van der Waals surface area contributed by atoms with Crippen LogP contribution < -0.4 is 9.64 Å². The first-order chi connectivity index (χ1) is 15.0. The first-order valence-electron chi connectivity index (χ1n) is 10.0. The number of nitrogens with zero attached hydrogens (tertiary/aromatic N) is 4. The Balaban J connectivity index is 1.35. The molecule has 2 heterocycles. The second kappa shape index (κ2) is 9.13. The summed E-state index contributed by atoms with van der Waals surface area (Å²) in [5, 5.41) is 11.7. The highest BCUT2D eigenvalue weighted by molar-refractivity contribution is 7.22. The van der Waals surface area contributed by atoms with Crippen molar-refractivity contribution in [2.75, 3.05) is 37.7 Å². The highest BCUT2D eigenvalue weighted by Crippen LogP contribution is 2.32. The second-order valence-corrected chi connectivity index (χ2v) is 8.06. The van der Waals surface area contributed by atoms with Gasteiger partial charge in [-0.2, -0.15) is 0 Å². The molecule has 0 radical (unpaired) electrons. The fraction of sp³-hybridized carbons (Fsp3) is 0.273. The summed E-state index contributed by atoms with van der Waals surface area (Å²) in [5.74, 6) is 0.782. The lowest BCUT2D eigenvalue weighted by Crippen LogP contribution is -2.48. The molecule has 2 aromatic carbocycles. The molecule has 1 aromatic heterocycles. The standard InChI is InChI=1S/C22H22N4O4S/c1-2-30-18-8-9-19-20(15-18)31-22(23-19)25-13-11-24(12-14-25)21(27)10-5-16-3-6-17(7-4-16)26(28)29/h3-10,15H,2,11-14H2,1H3/b10-5-. The van der Waals surface area contributed by atoms with Crippen molar-refractivity contribution in [1.29, 1.82) is 0 Å². The second-order valence-electron chi connectivity index (χ2n) is 7.05. The van der Waals surface area contributed by atoms with Gasteiger partial charge in [-0.05, 0) is 48.9 Å². The van der Waals surface area contributed by atoms with E-state index in [1.807, 2.05) is 25.1 Å². The van der Waals surface area contributed by atoms with Crippen molar-refractivity contribution in [2.24, 2.45) is 0 Å². The van der Waals surface area contributed by atoms with Gasteiger partial charge < -0.3 is 14.5 Å². The van der Waals surface area contributed by atoms with E-state index in [9.17, 15) is 14.9 Å². The number of amides is 1. The first-order valence-corrected chi connectivity index (χ1v) is 10.8. The lowest BCUT2D eigenvalue weighted by Gasteiger charge is -2.34. The van der Waals surface area contributed by atoms with Crippen molar-refractivity contribution < 1.29 is 14.5 Å². The Morgan fingerprint density at radius 1 is 1.19 bits per heavy atom. The summed E-state index contributed by atoms with van der Waals surface area (Å²) in [4.78, 5) is 31.5. The van der Waals surface area contributed by atoms with Gasteiger partial charge in [0, 0.05) is 44.4 Å². The van der Waals surface area contributed by atoms with Crippen molar-refractivity contribution >= 4 is 44.4 Å². The predicted molar refractivity (Wildman–Crippen MR) is 122 cm³/mol. The number of benzene rings is 2. The zero-order valence-electron chi connectivity index (χ0n) is 17.1. The summed E-state index contributed by atoms with van der Waals surface area (Å²) in [6.45, 7) is 5.26. The molecule has 0 unspecified atom stereocenters. The molecule has 4 rings (SSSR count). The van der Waals surface area contributed by atoms with Gasteiger partial charge in [-0.25, -0.2) is 4.98 Å². The predicted octanol–water partition coefficient (Wildman–Crippen LogP) is 3.97. The number of ether oxygens (including phenoxy) is 1. The average molecular weight is 439 g/mol. The molecule has 0 spiro atoms. The Kier molecular flexibility index (Phi) is 6.13. The number of nitro groups is 1. The molecule has 3 aromatic rings. The summed E-state index contributed by atoms with van der Waals surface area (Å²) in [7, 11) is 0.